The van der Waals surface area contributed by atoms with Gasteiger partial charge in [-0.3, -0.25) is 0 Å². The zero-order chi connectivity index (χ0) is 14.3. The van der Waals surface area contributed by atoms with E-state index in [2.05, 4.69) is 0 Å². The first-order valence-corrected chi connectivity index (χ1v) is 6.45. The number of hydrogen-bond donors (Lipinski definition) is 1. The van der Waals surface area contributed by atoms with E-state index < -0.39 is 0 Å². The predicted octanol–water partition coefficient (Wildman–Crippen LogP) is 3.15. The first-order valence-electron chi connectivity index (χ1n) is 6.45. The average Bonchev–Trinajstić information content (AvgIpc) is 2.40. The van der Waals surface area contributed by atoms with Gasteiger partial charge in [0.1, 0.15) is 0 Å². The van der Waals surface area contributed by atoms with Crippen LogP contribution in [-0.2, 0) is 9.53 Å². The largest absolute Gasteiger partial charge is 0.504 e. The van der Waals surface area contributed by atoms with Crippen molar-refractivity contribution >= 4 is 12.0 Å². The number of aromatic hydroxyl groups is 1. The van der Waals surface area contributed by atoms with Gasteiger partial charge in [-0.05, 0) is 44.0 Å². The molecule has 4 nitrogen and oxygen atoms in total. The highest BCUT2D eigenvalue weighted by molar-refractivity contribution is 5.93. The number of hydrogen-bond acceptors (Lipinski definition) is 4. The third-order valence-corrected chi connectivity index (χ3v) is 2.54. The SMILES string of the molecule is CCOC(=O)/C(=C/c1ccc(O)c(OCC)c1)CC. The Hall–Kier alpha value is -1.97. The molecule has 0 saturated heterocycles. The predicted molar refractivity (Wildman–Crippen MR) is 74.2 cm³/mol. The molecule has 1 rings (SSSR count). The van der Waals surface area contributed by atoms with Crippen molar-refractivity contribution < 1.29 is 19.4 Å². The van der Waals surface area contributed by atoms with E-state index in [0.717, 1.165) is 5.56 Å². The van der Waals surface area contributed by atoms with E-state index in [4.69, 9.17) is 9.47 Å². The summed E-state index contributed by atoms with van der Waals surface area (Å²) in [5.41, 5.74) is 1.39. The van der Waals surface area contributed by atoms with Gasteiger partial charge in [-0.1, -0.05) is 13.0 Å². The monoisotopic (exact) mass is 264 g/mol. The molecule has 0 fully saturated rings. The molecule has 0 unspecified atom stereocenters. The lowest BCUT2D eigenvalue weighted by Gasteiger charge is -2.08. The van der Waals surface area contributed by atoms with Crippen molar-refractivity contribution in [3.05, 3.63) is 29.3 Å². The Labute approximate surface area is 113 Å². The van der Waals surface area contributed by atoms with Crippen LogP contribution < -0.4 is 4.74 Å². The number of phenolic OH excluding ortho intramolecular Hbond substituents is 1. The number of phenols is 1. The molecule has 0 radical (unpaired) electrons. The molecule has 0 heterocycles. The quantitative estimate of drug-likeness (QED) is 0.633. The van der Waals surface area contributed by atoms with E-state index in [9.17, 15) is 9.90 Å². The van der Waals surface area contributed by atoms with Crippen LogP contribution in [0.25, 0.3) is 6.08 Å². The van der Waals surface area contributed by atoms with Crippen molar-refractivity contribution in [2.45, 2.75) is 27.2 Å². The standard InChI is InChI=1S/C15H20O4/c1-4-12(15(17)19-6-3)9-11-7-8-13(16)14(10-11)18-5-2/h7-10,16H,4-6H2,1-3H3/b12-9+. The summed E-state index contributed by atoms with van der Waals surface area (Å²) in [4.78, 5) is 11.7. The molecule has 104 valence electrons. The minimum absolute atomic E-state index is 0.0909. The summed E-state index contributed by atoms with van der Waals surface area (Å²) in [6.07, 6.45) is 2.34. The molecule has 0 saturated carbocycles. The van der Waals surface area contributed by atoms with Crippen LogP contribution in [0.15, 0.2) is 23.8 Å². The van der Waals surface area contributed by atoms with Crippen molar-refractivity contribution in [2.75, 3.05) is 13.2 Å². The maximum atomic E-state index is 11.7. The van der Waals surface area contributed by atoms with Gasteiger partial charge in [0, 0.05) is 5.57 Å². The lowest BCUT2D eigenvalue weighted by molar-refractivity contribution is -0.138. The summed E-state index contributed by atoms with van der Waals surface area (Å²) in [5, 5.41) is 9.61. The molecule has 19 heavy (non-hydrogen) atoms. The molecule has 0 aliphatic carbocycles. The van der Waals surface area contributed by atoms with Crippen LogP contribution in [0, 0.1) is 0 Å². The van der Waals surface area contributed by atoms with Crippen LogP contribution in [0.3, 0.4) is 0 Å². The number of carbonyl (C=O) groups excluding carboxylic acids is 1. The van der Waals surface area contributed by atoms with Crippen molar-refractivity contribution in [1.82, 2.24) is 0 Å². The Bertz CT molecular complexity index is 463. The van der Waals surface area contributed by atoms with E-state index in [1.807, 2.05) is 13.8 Å². The third kappa shape index (κ3) is 4.32. The van der Waals surface area contributed by atoms with Gasteiger partial charge in [-0.15, -0.1) is 0 Å². The molecule has 0 aliphatic rings. The second-order valence-electron chi connectivity index (χ2n) is 3.90. The molecular weight excluding hydrogens is 244 g/mol. The molecule has 0 aromatic heterocycles. The minimum atomic E-state index is -0.309. The first kappa shape index (κ1) is 15.1. The van der Waals surface area contributed by atoms with Crippen LogP contribution in [0.1, 0.15) is 32.8 Å². The molecule has 1 aromatic carbocycles. The van der Waals surface area contributed by atoms with Gasteiger partial charge in [0.15, 0.2) is 11.5 Å². The summed E-state index contributed by atoms with van der Waals surface area (Å²) >= 11 is 0. The highest BCUT2D eigenvalue weighted by Crippen LogP contribution is 2.28. The van der Waals surface area contributed by atoms with Crippen LogP contribution in [0.2, 0.25) is 0 Å². The third-order valence-electron chi connectivity index (χ3n) is 2.54. The second kappa shape index (κ2) is 7.46. The fraction of sp³-hybridized carbons (Fsp3) is 0.400. The number of carbonyl (C=O) groups is 1. The zero-order valence-corrected chi connectivity index (χ0v) is 11.6. The molecule has 1 aromatic rings. The van der Waals surface area contributed by atoms with Gasteiger partial charge < -0.3 is 14.6 Å². The fourth-order valence-corrected chi connectivity index (χ4v) is 1.62. The lowest BCUT2D eigenvalue weighted by atomic mass is 10.1. The number of ether oxygens (including phenoxy) is 2. The van der Waals surface area contributed by atoms with Crippen LogP contribution in [0.4, 0.5) is 0 Å². The van der Waals surface area contributed by atoms with Gasteiger partial charge in [-0.2, -0.15) is 0 Å². The summed E-state index contributed by atoms with van der Waals surface area (Å²) in [5.74, 6) is 0.194. The Balaban J connectivity index is 3.01. The maximum absolute atomic E-state index is 11.7. The van der Waals surface area contributed by atoms with E-state index in [1.54, 1.807) is 31.2 Å². The molecular formula is C15H20O4. The average molecular weight is 264 g/mol. The Kier molecular flexibility index (Phi) is 5.93. The highest BCUT2D eigenvalue weighted by Gasteiger charge is 2.09. The van der Waals surface area contributed by atoms with Crippen molar-refractivity contribution in [1.29, 1.82) is 0 Å². The topological polar surface area (TPSA) is 55.8 Å². The molecule has 0 atom stereocenters. The second-order valence-corrected chi connectivity index (χ2v) is 3.90. The number of benzene rings is 1. The number of rotatable bonds is 6. The van der Waals surface area contributed by atoms with Crippen LogP contribution >= 0.6 is 0 Å². The Morgan fingerprint density at radius 3 is 2.58 bits per heavy atom. The van der Waals surface area contributed by atoms with Gasteiger partial charge in [0.2, 0.25) is 0 Å². The van der Waals surface area contributed by atoms with Crippen molar-refractivity contribution in [2.24, 2.45) is 0 Å². The Morgan fingerprint density at radius 1 is 1.26 bits per heavy atom. The zero-order valence-electron chi connectivity index (χ0n) is 11.6. The molecule has 0 aliphatic heterocycles. The molecule has 1 N–H and O–H groups in total. The highest BCUT2D eigenvalue weighted by atomic mass is 16.5. The molecule has 4 heteroatoms. The van der Waals surface area contributed by atoms with E-state index in [0.29, 0.717) is 31.0 Å². The van der Waals surface area contributed by atoms with Crippen molar-refractivity contribution in [3.63, 3.8) is 0 Å². The van der Waals surface area contributed by atoms with Crippen molar-refractivity contribution in [3.8, 4) is 11.5 Å². The summed E-state index contributed by atoms with van der Waals surface area (Å²) in [7, 11) is 0. The summed E-state index contributed by atoms with van der Waals surface area (Å²) in [6.45, 7) is 6.35. The lowest BCUT2D eigenvalue weighted by Crippen LogP contribution is -2.06. The van der Waals surface area contributed by atoms with E-state index >= 15 is 0 Å². The van der Waals surface area contributed by atoms with Gasteiger partial charge in [-0.25, -0.2) is 4.79 Å². The molecule has 0 amide bonds. The van der Waals surface area contributed by atoms with Crippen LogP contribution in [-0.4, -0.2) is 24.3 Å². The van der Waals surface area contributed by atoms with Gasteiger partial charge >= 0.3 is 5.97 Å². The normalized spacial score (nSPS) is 11.2. The summed E-state index contributed by atoms with van der Waals surface area (Å²) in [6, 6.07) is 4.98. The van der Waals surface area contributed by atoms with Gasteiger partial charge in [0.05, 0.1) is 13.2 Å². The first-order chi connectivity index (χ1) is 9.12. The molecule has 0 spiro atoms. The van der Waals surface area contributed by atoms with Crippen LogP contribution in [0.5, 0.6) is 11.5 Å². The van der Waals surface area contributed by atoms with E-state index in [1.165, 1.54) is 0 Å². The van der Waals surface area contributed by atoms with E-state index in [-0.39, 0.29) is 11.7 Å². The smallest absolute Gasteiger partial charge is 0.333 e. The molecule has 0 bridgehead atoms. The Morgan fingerprint density at radius 2 is 2.00 bits per heavy atom. The fourth-order valence-electron chi connectivity index (χ4n) is 1.62. The number of esters is 1. The minimum Gasteiger partial charge on any atom is -0.504 e. The summed E-state index contributed by atoms with van der Waals surface area (Å²) < 4.78 is 10.3. The van der Waals surface area contributed by atoms with Gasteiger partial charge in [0.25, 0.3) is 0 Å². The maximum Gasteiger partial charge on any atom is 0.333 e.